The molecule has 0 spiro atoms. The standard InChI is InChI=1S/C13H13N5O2/c14-13-15-7-11(18(19)20)12(17-13)16-10-6-9(10)8-4-2-1-3-5-8/h1-5,7,9-10H,6H2,(H3,14,15,16,17). The maximum atomic E-state index is 10.9. The number of benzene rings is 1. The van der Waals surface area contributed by atoms with Gasteiger partial charge in [-0.2, -0.15) is 4.98 Å². The van der Waals surface area contributed by atoms with Crippen molar-refractivity contribution in [3.63, 3.8) is 0 Å². The molecule has 1 heterocycles. The minimum Gasteiger partial charge on any atom is -0.368 e. The molecule has 1 aliphatic carbocycles. The van der Waals surface area contributed by atoms with Gasteiger partial charge in [-0.25, -0.2) is 4.98 Å². The summed E-state index contributed by atoms with van der Waals surface area (Å²) < 4.78 is 0. The number of nitrogen functional groups attached to an aromatic ring is 1. The molecule has 2 aromatic rings. The van der Waals surface area contributed by atoms with Crippen molar-refractivity contribution in [2.45, 2.75) is 18.4 Å². The predicted molar refractivity (Wildman–Crippen MR) is 74.3 cm³/mol. The highest BCUT2D eigenvalue weighted by Gasteiger charge is 2.39. The van der Waals surface area contributed by atoms with Crippen molar-refractivity contribution in [3.05, 3.63) is 52.2 Å². The minimum absolute atomic E-state index is 0.0232. The minimum atomic E-state index is -0.512. The van der Waals surface area contributed by atoms with Crippen LogP contribution in [0, 0.1) is 10.1 Å². The Morgan fingerprint density at radius 1 is 1.35 bits per heavy atom. The quantitative estimate of drug-likeness (QED) is 0.650. The van der Waals surface area contributed by atoms with Crippen molar-refractivity contribution in [2.24, 2.45) is 0 Å². The number of nitrogens with zero attached hydrogens (tertiary/aromatic N) is 3. The van der Waals surface area contributed by atoms with E-state index in [0.29, 0.717) is 5.92 Å². The molecular formula is C13H13N5O2. The van der Waals surface area contributed by atoms with Crippen molar-refractivity contribution in [2.75, 3.05) is 11.1 Å². The lowest BCUT2D eigenvalue weighted by molar-refractivity contribution is -0.384. The van der Waals surface area contributed by atoms with E-state index in [0.717, 1.165) is 12.6 Å². The summed E-state index contributed by atoms with van der Waals surface area (Å²) in [5, 5.41) is 14.0. The smallest absolute Gasteiger partial charge is 0.329 e. The predicted octanol–water partition coefficient (Wildman–Crippen LogP) is 1.93. The Balaban J connectivity index is 1.77. The molecule has 1 fully saturated rings. The Labute approximate surface area is 115 Å². The van der Waals surface area contributed by atoms with E-state index in [2.05, 4.69) is 27.4 Å². The van der Waals surface area contributed by atoms with Gasteiger partial charge in [0, 0.05) is 12.0 Å². The fourth-order valence-electron chi connectivity index (χ4n) is 2.23. The van der Waals surface area contributed by atoms with E-state index in [1.807, 2.05) is 18.2 Å². The fourth-order valence-corrected chi connectivity index (χ4v) is 2.23. The lowest BCUT2D eigenvalue weighted by Gasteiger charge is -2.06. The number of hydrogen-bond acceptors (Lipinski definition) is 6. The van der Waals surface area contributed by atoms with Crippen LogP contribution < -0.4 is 11.1 Å². The third-order valence-corrected chi connectivity index (χ3v) is 3.33. The number of aromatic nitrogens is 2. The largest absolute Gasteiger partial charge is 0.368 e. The molecule has 3 rings (SSSR count). The Kier molecular flexibility index (Phi) is 2.94. The van der Waals surface area contributed by atoms with Gasteiger partial charge in [-0.3, -0.25) is 10.1 Å². The average Bonchev–Trinajstić information content (AvgIpc) is 3.19. The molecule has 7 heteroatoms. The lowest BCUT2D eigenvalue weighted by atomic mass is 10.1. The third-order valence-electron chi connectivity index (χ3n) is 3.33. The molecule has 1 saturated carbocycles. The van der Waals surface area contributed by atoms with Gasteiger partial charge < -0.3 is 11.1 Å². The van der Waals surface area contributed by atoms with Crippen LogP contribution in [0.15, 0.2) is 36.5 Å². The summed E-state index contributed by atoms with van der Waals surface area (Å²) in [6.45, 7) is 0. The third kappa shape index (κ3) is 2.37. The van der Waals surface area contributed by atoms with Gasteiger partial charge in [0.05, 0.1) is 4.92 Å². The molecule has 2 atom stereocenters. The van der Waals surface area contributed by atoms with Gasteiger partial charge in [0.1, 0.15) is 6.20 Å². The molecule has 1 aromatic carbocycles. The number of anilines is 2. The summed E-state index contributed by atoms with van der Waals surface area (Å²) in [6, 6.07) is 10.2. The number of rotatable bonds is 4. The van der Waals surface area contributed by atoms with Crippen LogP contribution in [-0.2, 0) is 0 Å². The first-order valence-electron chi connectivity index (χ1n) is 6.23. The van der Waals surface area contributed by atoms with Crippen LogP contribution in [0.1, 0.15) is 17.9 Å². The number of nitrogens with two attached hydrogens (primary N) is 1. The van der Waals surface area contributed by atoms with E-state index >= 15 is 0 Å². The summed E-state index contributed by atoms with van der Waals surface area (Å²) >= 11 is 0. The average molecular weight is 271 g/mol. The van der Waals surface area contributed by atoms with Gasteiger partial charge in [-0.15, -0.1) is 0 Å². The van der Waals surface area contributed by atoms with Crippen molar-refractivity contribution < 1.29 is 4.92 Å². The summed E-state index contributed by atoms with van der Waals surface area (Å²) in [6.07, 6.45) is 2.05. The van der Waals surface area contributed by atoms with E-state index in [9.17, 15) is 10.1 Å². The number of nitrogens with one attached hydrogen (secondary N) is 1. The molecular weight excluding hydrogens is 258 g/mol. The second kappa shape index (κ2) is 4.76. The highest BCUT2D eigenvalue weighted by atomic mass is 16.6. The van der Waals surface area contributed by atoms with Crippen LogP contribution in [-0.4, -0.2) is 20.9 Å². The van der Waals surface area contributed by atoms with Crippen molar-refractivity contribution in [1.29, 1.82) is 0 Å². The van der Waals surface area contributed by atoms with Crippen LogP contribution >= 0.6 is 0 Å². The second-order valence-electron chi connectivity index (χ2n) is 4.72. The SMILES string of the molecule is Nc1ncc([N+](=O)[O-])c(NC2CC2c2ccccc2)n1. The van der Waals surface area contributed by atoms with Gasteiger partial charge >= 0.3 is 5.69 Å². The van der Waals surface area contributed by atoms with Gasteiger partial charge in [-0.05, 0) is 12.0 Å². The Hall–Kier alpha value is -2.70. The summed E-state index contributed by atoms with van der Waals surface area (Å²) in [7, 11) is 0. The molecule has 0 radical (unpaired) electrons. The molecule has 3 N–H and O–H groups in total. The van der Waals surface area contributed by atoms with Crippen molar-refractivity contribution in [1.82, 2.24) is 9.97 Å². The molecule has 0 saturated heterocycles. The van der Waals surface area contributed by atoms with Gasteiger partial charge in [0.2, 0.25) is 11.8 Å². The normalized spacial score (nSPS) is 20.4. The second-order valence-corrected chi connectivity index (χ2v) is 4.72. The summed E-state index contributed by atoms with van der Waals surface area (Å²) in [5.41, 5.74) is 6.55. The van der Waals surface area contributed by atoms with E-state index in [4.69, 9.17) is 5.73 Å². The topological polar surface area (TPSA) is 107 Å². The van der Waals surface area contributed by atoms with Crippen LogP contribution in [0.25, 0.3) is 0 Å². The van der Waals surface area contributed by atoms with Gasteiger partial charge in [-0.1, -0.05) is 30.3 Å². The fraction of sp³-hybridized carbons (Fsp3) is 0.231. The molecule has 1 aliphatic rings. The molecule has 0 aliphatic heterocycles. The molecule has 2 unspecified atom stereocenters. The molecule has 7 nitrogen and oxygen atoms in total. The molecule has 1 aromatic heterocycles. The van der Waals surface area contributed by atoms with E-state index in [-0.39, 0.29) is 23.5 Å². The number of hydrogen-bond donors (Lipinski definition) is 2. The first-order valence-corrected chi connectivity index (χ1v) is 6.23. The van der Waals surface area contributed by atoms with Crippen molar-refractivity contribution >= 4 is 17.5 Å². The monoisotopic (exact) mass is 271 g/mol. The molecule has 0 amide bonds. The van der Waals surface area contributed by atoms with E-state index < -0.39 is 4.92 Å². The van der Waals surface area contributed by atoms with Gasteiger partial charge in [0.25, 0.3) is 0 Å². The van der Waals surface area contributed by atoms with Crippen molar-refractivity contribution in [3.8, 4) is 0 Å². The number of nitro groups is 1. The first-order chi connectivity index (χ1) is 9.65. The van der Waals surface area contributed by atoms with E-state index in [1.165, 1.54) is 5.56 Å². The zero-order valence-electron chi connectivity index (χ0n) is 10.6. The lowest BCUT2D eigenvalue weighted by Crippen LogP contribution is -2.10. The molecule has 20 heavy (non-hydrogen) atoms. The highest BCUT2D eigenvalue weighted by Crippen LogP contribution is 2.43. The van der Waals surface area contributed by atoms with Crippen LogP contribution in [0.2, 0.25) is 0 Å². The molecule has 0 bridgehead atoms. The highest BCUT2D eigenvalue weighted by molar-refractivity contribution is 5.58. The zero-order valence-corrected chi connectivity index (χ0v) is 10.6. The maximum absolute atomic E-state index is 10.9. The first kappa shape index (κ1) is 12.3. The van der Waals surface area contributed by atoms with E-state index in [1.54, 1.807) is 0 Å². The molecule has 102 valence electrons. The zero-order chi connectivity index (χ0) is 14.1. The Bertz CT molecular complexity index is 646. The van der Waals surface area contributed by atoms with Crippen LogP contribution in [0.4, 0.5) is 17.5 Å². The van der Waals surface area contributed by atoms with Crippen LogP contribution in [0.3, 0.4) is 0 Å². The Morgan fingerprint density at radius 2 is 2.10 bits per heavy atom. The summed E-state index contributed by atoms with van der Waals surface area (Å²) in [4.78, 5) is 18.0. The van der Waals surface area contributed by atoms with Gasteiger partial charge in [0.15, 0.2) is 0 Å². The Morgan fingerprint density at radius 3 is 2.80 bits per heavy atom. The summed E-state index contributed by atoms with van der Waals surface area (Å²) in [5.74, 6) is 0.563. The van der Waals surface area contributed by atoms with Crippen LogP contribution in [0.5, 0.6) is 0 Å². The maximum Gasteiger partial charge on any atom is 0.329 e.